The van der Waals surface area contributed by atoms with Crippen LogP contribution in [0.4, 0.5) is 21.2 Å². The fraction of sp³-hybridized carbons (Fsp3) is 0.536. The second-order valence-electron chi connectivity index (χ2n) is 11.8. The maximum absolute atomic E-state index is 12.9. The average Bonchev–Trinajstić information content (AvgIpc) is 3.89. The topological polar surface area (TPSA) is 336 Å². The van der Waals surface area contributed by atoms with Gasteiger partial charge in [0, 0.05) is 6.54 Å². The number of aromatic nitrogens is 8. The van der Waals surface area contributed by atoms with Gasteiger partial charge < -0.3 is 55.5 Å². The lowest BCUT2D eigenvalue weighted by molar-refractivity contribution is -0.143. The molecule has 2 aliphatic rings. The summed E-state index contributed by atoms with van der Waals surface area (Å²) in [5.41, 5.74) is 0.589. The summed E-state index contributed by atoms with van der Waals surface area (Å²) < 4.78 is 18.2. The van der Waals surface area contributed by atoms with E-state index >= 15 is 0 Å². The molecule has 2 fully saturated rings. The predicted molar refractivity (Wildman–Crippen MR) is 171 cm³/mol. The molecular formula is C28H36N12O12. The summed E-state index contributed by atoms with van der Waals surface area (Å²) in [4.78, 5) is 62.6. The highest BCUT2D eigenvalue weighted by atomic mass is 16.7. The van der Waals surface area contributed by atoms with Crippen LogP contribution in [0.15, 0.2) is 25.3 Å². The van der Waals surface area contributed by atoms with E-state index < -0.39 is 79.9 Å². The van der Waals surface area contributed by atoms with Crippen molar-refractivity contribution in [2.24, 2.45) is 0 Å². The summed E-state index contributed by atoms with van der Waals surface area (Å²) in [7, 11) is 1.17. The minimum absolute atomic E-state index is 0.0417. The van der Waals surface area contributed by atoms with E-state index in [1.807, 2.05) is 0 Å². The highest BCUT2D eigenvalue weighted by Crippen LogP contribution is 2.33. The molecule has 0 saturated carbocycles. The van der Waals surface area contributed by atoms with Crippen molar-refractivity contribution in [2.45, 2.75) is 74.6 Å². The molecule has 9 unspecified atom stereocenters. The number of carbonyl (C=O) groups excluding carboxylic acids is 3. The molecule has 280 valence electrons. The Morgan fingerprint density at radius 2 is 1.37 bits per heavy atom. The third-order valence-electron chi connectivity index (χ3n) is 8.46. The van der Waals surface area contributed by atoms with Gasteiger partial charge in [-0.2, -0.15) is 0 Å². The Morgan fingerprint density at radius 3 is 1.90 bits per heavy atom. The fourth-order valence-corrected chi connectivity index (χ4v) is 5.76. The first-order valence-electron chi connectivity index (χ1n) is 15.9. The van der Waals surface area contributed by atoms with Crippen molar-refractivity contribution in [1.29, 1.82) is 0 Å². The highest BCUT2D eigenvalue weighted by Gasteiger charge is 2.45. The summed E-state index contributed by atoms with van der Waals surface area (Å²) in [6.45, 7) is -0.335. The molecule has 0 aliphatic carbocycles. The van der Waals surface area contributed by atoms with Crippen LogP contribution >= 0.6 is 0 Å². The van der Waals surface area contributed by atoms with Crippen LogP contribution < -0.4 is 21.3 Å². The number of anilines is 2. The number of ether oxygens (including phenoxy) is 3. The Hall–Kier alpha value is -5.21. The number of hydrogen-bond donors (Lipinski definition) is 10. The molecule has 2 saturated heterocycles. The lowest BCUT2D eigenvalue weighted by Gasteiger charge is -2.17. The molecule has 0 radical (unpaired) electrons. The number of urea groups is 2. The van der Waals surface area contributed by atoms with Gasteiger partial charge in [0.15, 0.2) is 52.7 Å². The van der Waals surface area contributed by atoms with Crippen molar-refractivity contribution in [3.63, 3.8) is 0 Å². The molecule has 9 atom stereocenters. The second kappa shape index (κ2) is 15.6. The maximum Gasteiger partial charge on any atom is 0.328 e. The number of rotatable bonds is 12. The maximum atomic E-state index is 12.9. The Morgan fingerprint density at radius 1 is 0.788 bits per heavy atom. The van der Waals surface area contributed by atoms with Crippen molar-refractivity contribution in [3.05, 3.63) is 25.3 Å². The molecule has 6 heterocycles. The lowest BCUT2D eigenvalue weighted by Crippen LogP contribution is -2.43. The van der Waals surface area contributed by atoms with Gasteiger partial charge in [0.1, 0.15) is 49.2 Å². The number of amides is 4. The third-order valence-corrected chi connectivity index (χ3v) is 8.46. The zero-order chi connectivity index (χ0) is 37.1. The summed E-state index contributed by atoms with van der Waals surface area (Å²) in [6, 6.07) is -2.51. The van der Waals surface area contributed by atoms with Crippen molar-refractivity contribution in [3.8, 4) is 0 Å². The molecule has 52 heavy (non-hydrogen) atoms. The standard InChI is InChI=1S/C28H36N12O12/c1-50-25(46)11(36-28(49)38-20-14-22(33-8-31-20)40(10-35-14)24-17(44)18(45)26(47)52-24)4-2-3-5-29-27(48)37-19-13-21(32-7-30-19)39(9-34-13)23-16(43)15(42)12(6-41)51-23/h7-12,15-18,23-24,26,41-45,47H,2-6H2,1H3,(H2,29,30,32,37,48)(H2,31,33,36,38,49). The molecule has 24 heteroatoms. The first kappa shape index (κ1) is 36.6. The van der Waals surface area contributed by atoms with Gasteiger partial charge in [-0.15, -0.1) is 0 Å². The van der Waals surface area contributed by atoms with Gasteiger partial charge >= 0.3 is 18.0 Å². The minimum Gasteiger partial charge on any atom is -0.467 e. The molecule has 2 aliphatic heterocycles. The highest BCUT2D eigenvalue weighted by molar-refractivity contribution is 5.97. The van der Waals surface area contributed by atoms with Crippen LogP contribution in [0.5, 0.6) is 0 Å². The van der Waals surface area contributed by atoms with Gasteiger partial charge in [-0.05, 0) is 19.3 Å². The van der Waals surface area contributed by atoms with Gasteiger partial charge in [0.2, 0.25) is 0 Å². The minimum atomic E-state index is -1.63. The van der Waals surface area contributed by atoms with Gasteiger partial charge in [0.25, 0.3) is 0 Å². The molecule has 0 spiro atoms. The average molecular weight is 733 g/mol. The van der Waals surface area contributed by atoms with E-state index in [2.05, 4.69) is 51.2 Å². The zero-order valence-electron chi connectivity index (χ0n) is 27.3. The van der Waals surface area contributed by atoms with Crippen molar-refractivity contribution >= 4 is 52.0 Å². The first-order valence-corrected chi connectivity index (χ1v) is 15.9. The van der Waals surface area contributed by atoms with E-state index in [0.717, 1.165) is 6.33 Å². The Labute approximate surface area is 291 Å². The second-order valence-corrected chi connectivity index (χ2v) is 11.8. The fourth-order valence-electron chi connectivity index (χ4n) is 5.76. The monoisotopic (exact) mass is 732 g/mol. The molecule has 24 nitrogen and oxygen atoms in total. The van der Waals surface area contributed by atoms with Crippen LogP contribution in [0, 0.1) is 0 Å². The lowest BCUT2D eigenvalue weighted by atomic mass is 10.1. The number of nitrogens with zero attached hydrogens (tertiary/aromatic N) is 8. The van der Waals surface area contributed by atoms with Crippen molar-refractivity contribution in [1.82, 2.24) is 49.7 Å². The first-order chi connectivity index (χ1) is 25.0. The van der Waals surface area contributed by atoms with Gasteiger partial charge in [0.05, 0.1) is 26.4 Å². The van der Waals surface area contributed by atoms with E-state index in [0.29, 0.717) is 12.8 Å². The Kier molecular flexibility index (Phi) is 11.0. The molecule has 4 aromatic rings. The SMILES string of the molecule is COC(=O)C(CCCCNC(=O)Nc1ncnc2c1ncn2C1OC(CO)C(O)C1O)NC(=O)Nc1ncnc2c1ncn2C1OC(O)C(O)C1O. The van der Waals surface area contributed by atoms with E-state index in [4.69, 9.17) is 14.2 Å². The summed E-state index contributed by atoms with van der Waals surface area (Å²) in [5, 5.41) is 69.9. The van der Waals surface area contributed by atoms with E-state index in [-0.39, 0.29) is 46.9 Å². The molecule has 6 rings (SSSR count). The number of hydrogen-bond acceptors (Lipinski definition) is 18. The number of aliphatic hydroxyl groups is 6. The van der Waals surface area contributed by atoms with Crippen LogP contribution in [0.2, 0.25) is 0 Å². The number of unbranched alkanes of at least 4 members (excludes halogenated alkanes) is 1. The van der Waals surface area contributed by atoms with E-state index in [1.165, 1.54) is 35.2 Å². The van der Waals surface area contributed by atoms with E-state index in [1.54, 1.807) is 0 Å². The number of fused-ring (bicyclic) bond motifs is 2. The molecule has 10 N–H and O–H groups in total. The predicted octanol–water partition coefficient (Wildman–Crippen LogP) is -3.20. The number of aliphatic hydroxyl groups excluding tert-OH is 6. The van der Waals surface area contributed by atoms with Crippen LogP contribution in [-0.2, 0) is 19.0 Å². The van der Waals surface area contributed by atoms with Crippen LogP contribution in [0.3, 0.4) is 0 Å². The van der Waals surface area contributed by atoms with Crippen LogP contribution in [0.1, 0.15) is 31.7 Å². The smallest absolute Gasteiger partial charge is 0.328 e. The van der Waals surface area contributed by atoms with Crippen molar-refractivity contribution < 1.29 is 59.2 Å². The number of esters is 1. The van der Waals surface area contributed by atoms with Crippen molar-refractivity contribution in [2.75, 3.05) is 30.9 Å². The Balaban J connectivity index is 0.990. The molecule has 4 aromatic heterocycles. The number of methoxy groups -OCH3 is 1. The van der Waals surface area contributed by atoms with Crippen LogP contribution in [0.25, 0.3) is 22.3 Å². The molecule has 0 bridgehead atoms. The Bertz CT molecular complexity index is 1910. The third kappa shape index (κ3) is 7.26. The van der Waals surface area contributed by atoms with Gasteiger partial charge in [-0.25, -0.2) is 44.3 Å². The quantitative estimate of drug-likeness (QED) is 0.0506. The largest absolute Gasteiger partial charge is 0.467 e. The normalized spacial score (nSPS) is 26.4. The van der Waals surface area contributed by atoms with Gasteiger partial charge in [-0.1, -0.05) is 0 Å². The van der Waals surface area contributed by atoms with Gasteiger partial charge in [-0.3, -0.25) is 19.8 Å². The summed E-state index contributed by atoms with van der Waals surface area (Å²) in [6.07, 6.45) is -4.95. The molecule has 4 amide bonds. The zero-order valence-corrected chi connectivity index (χ0v) is 27.3. The van der Waals surface area contributed by atoms with E-state index in [9.17, 15) is 45.0 Å². The van der Waals surface area contributed by atoms with Crippen LogP contribution in [-0.4, -0.2) is 151 Å². The number of carbonyl (C=O) groups is 3. The summed E-state index contributed by atoms with van der Waals surface area (Å²) >= 11 is 0. The number of imidazole rings is 2. The number of nitrogens with one attached hydrogen (secondary N) is 4. The molecule has 0 aromatic carbocycles. The molecular weight excluding hydrogens is 696 g/mol. The summed E-state index contributed by atoms with van der Waals surface area (Å²) in [5.74, 6) is -0.699.